The number of carbonyl (C=O) groups is 1. The van der Waals surface area contributed by atoms with Crippen LogP contribution in [0.4, 0.5) is 5.69 Å². The zero-order chi connectivity index (χ0) is 18.4. The Bertz CT molecular complexity index is 868. The minimum Gasteiger partial charge on any atom is -0.273 e. The van der Waals surface area contributed by atoms with Crippen molar-refractivity contribution in [3.05, 3.63) is 24.3 Å². The van der Waals surface area contributed by atoms with Crippen LogP contribution in [0.15, 0.2) is 29.2 Å². The molecule has 0 N–H and O–H groups in total. The van der Waals surface area contributed by atoms with Crippen molar-refractivity contribution in [2.45, 2.75) is 56.5 Å². The molecule has 9 heteroatoms. The van der Waals surface area contributed by atoms with Crippen LogP contribution in [0.5, 0.6) is 0 Å². The number of carbonyl (C=O) groups excluding carboxylic acids is 1. The summed E-state index contributed by atoms with van der Waals surface area (Å²) >= 11 is 0. The van der Waals surface area contributed by atoms with E-state index in [1.165, 1.54) is 28.6 Å². The average molecular weight is 386 g/mol. The van der Waals surface area contributed by atoms with Crippen LogP contribution < -0.4 is 4.31 Å². The van der Waals surface area contributed by atoms with E-state index in [2.05, 4.69) is 0 Å². The second kappa shape index (κ2) is 6.37. The molecule has 1 amide bonds. The van der Waals surface area contributed by atoms with Gasteiger partial charge in [-0.05, 0) is 51.0 Å². The van der Waals surface area contributed by atoms with Gasteiger partial charge in [0, 0.05) is 18.5 Å². The highest BCUT2D eigenvalue weighted by Crippen LogP contribution is 2.31. The summed E-state index contributed by atoms with van der Waals surface area (Å²) in [5.41, 5.74) is 0.182. The molecule has 0 saturated carbocycles. The lowest BCUT2D eigenvalue weighted by Crippen LogP contribution is -2.47. The molecule has 0 bridgehead atoms. The van der Waals surface area contributed by atoms with Crippen LogP contribution in [0.25, 0.3) is 0 Å². The molecule has 0 radical (unpaired) electrons. The third-order valence-electron chi connectivity index (χ3n) is 4.84. The van der Waals surface area contributed by atoms with E-state index in [1.807, 2.05) is 13.8 Å². The summed E-state index contributed by atoms with van der Waals surface area (Å²) in [7, 11) is -7.31. The number of hydrogen-bond acceptors (Lipinski definition) is 5. The summed E-state index contributed by atoms with van der Waals surface area (Å²) in [6.45, 7) is 3.80. The Kier molecular flexibility index (Phi) is 4.67. The molecule has 1 aromatic rings. The molecular formula is C16H22N2O5S2. The predicted octanol–water partition coefficient (Wildman–Crippen LogP) is 1.70. The van der Waals surface area contributed by atoms with Crippen molar-refractivity contribution in [2.24, 2.45) is 0 Å². The van der Waals surface area contributed by atoms with Gasteiger partial charge < -0.3 is 0 Å². The van der Waals surface area contributed by atoms with E-state index in [0.29, 0.717) is 0 Å². The number of anilines is 1. The van der Waals surface area contributed by atoms with Crippen molar-refractivity contribution in [3.63, 3.8) is 0 Å². The molecule has 2 aliphatic heterocycles. The van der Waals surface area contributed by atoms with E-state index in [0.717, 1.165) is 23.6 Å². The van der Waals surface area contributed by atoms with Crippen LogP contribution in [0.3, 0.4) is 0 Å². The molecule has 138 valence electrons. The third-order valence-corrected chi connectivity index (χ3v) is 8.67. The molecule has 2 atom stereocenters. The lowest BCUT2D eigenvalue weighted by atomic mass is 10.0. The smallest absolute Gasteiger partial charge is 0.243 e. The van der Waals surface area contributed by atoms with Crippen molar-refractivity contribution in [1.82, 2.24) is 4.31 Å². The number of hydrogen-bond donors (Lipinski definition) is 0. The summed E-state index contributed by atoms with van der Waals surface area (Å²) in [6.07, 6.45) is 2.60. The van der Waals surface area contributed by atoms with Crippen molar-refractivity contribution >= 4 is 31.6 Å². The Morgan fingerprint density at radius 2 is 1.60 bits per heavy atom. The van der Waals surface area contributed by atoms with Gasteiger partial charge in [-0.3, -0.25) is 4.79 Å². The normalized spacial score (nSPS) is 27.6. The fourth-order valence-electron chi connectivity index (χ4n) is 3.62. The van der Waals surface area contributed by atoms with Gasteiger partial charge in [-0.25, -0.2) is 21.1 Å². The first kappa shape index (κ1) is 18.3. The highest BCUT2D eigenvalue weighted by atomic mass is 32.2. The Hall–Kier alpha value is -1.45. The second-order valence-electron chi connectivity index (χ2n) is 6.68. The highest BCUT2D eigenvalue weighted by Gasteiger charge is 2.38. The summed E-state index contributed by atoms with van der Waals surface area (Å²) < 4.78 is 52.1. The Balaban J connectivity index is 1.93. The Labute approximate surface area is 148 Å². The Morgan fingerprint density at radius 3 is 2.08 bits per heavy atom. The van der Waals surface area contributed by atoms with Crippen LogP contribution in [0, 0.1) is 0 Å². The van der Waals surface area contributed by atoms with E-state index in [-0.39, 0.29) is 34.8 Å². The van der Waals surface area contributed by atoms with Crippen LogP contribution in [-0.4, -0.2) is 44.9 Å². The molecule has 25 heavy (non-hydrogen) atoms. The summed E-state index contributed by atoms with van der Waals surface area (Å²) in [6, 6.07) is 5.36. The van der Waals surface area contributed by atoms with Crippen molar-refractivity contribution < 1.29 is 21.6 Å². The first-order valence-electron chi connectivity index (χ1n) is 8.34. The van der Waals surface area contributed by atoms with Crippen molar-refractivity contribution in [3.8, 4) is 0 Å². The highest BCUT2D eigenvalue weighted by molar-refractivity contribution is 7.94. The van der Waals surface area contributed by atoms with E-state index < -0.39 is 26.0 Å². The van der Waals surface area contributed by atoms with E-state index >= 15 is 0 Å². The zero-order valence-corrected chi connectivity index (χ0v) is 15.9. The van der Waals surface area contributed by atoms with Gasteiger partial charge >= 0.3 is 0 Å². The number of benzene rings is 1. The lowest BCUT2D eigenvalue weighted by molar-refractivity contribution is -0.116. The third kappa shape index (κ3) is 3.20. The molecule has 0 unspecified atom stereocenters. The second-order valence-corrected chi connectivity index (χ2v) is 10.5. The standard InChI is InChI=1S/C16H22N2O5S2/c1-12-4-3-5-13(2)17(12)25(22,23)15-8-6-14(7-9-15)18-16(19)10-11-24(18,20)21/h6-9,12-13H,3-5,10-11H2,1-2H3/t12-,13+. The molecule has 0 aromatic heterocycles. The van der Waals surface area contributed by atoms with E-state index in [1.54, 1.807) is 0 Å². The minimum absolute atomic E-state index is 0.0504. The molecule has 0 aliphatic carbocycles. The first-order chi connectivity index (χ1) is 11.6. The van der Waals surface area contributed by atoms with Crippen LogP contribution in [0.2, 0.25) is 0 Å². The van der Waals surface area contributed by atoms with Crippen molar-refractivity contribution in [2.75, 3.05) is 10.1 Å². The quantitative estimate of drug-likeness (QED) is 0.788. The number of amides is 1. The van der Waals surface area contributed by atoms with Gasteiger partial charge in [0.25, 0.3) is 0 Å². The lowest BCUT2D eigenvalue weighted by Gasteiger charge is -2.37. The predicted molar refractivity (Wildman–Crippen MR) is 94.1 cm³/mol. The monoisotopic (exact) mass is 386 g/mol. The van der Waals surface area contributed by atoms with Gasteiger partial charge in [0.2, 0.25) is 26.0 Å². The van der Waals surface area contributed by atoms with E-state index in [9.17, 15) is 21.6 Å². The van der Waals surface area contributed by atoms with Gasteiger partial charge in [0.15, 0.2) is 0 Å². The average Bonchev–Trinajstić information content (AvgIpc) is 2.80. The molecule has 2 fully saturated rings. The largest absolute Gasteiger partial charge is 0.273 e. The summed E-state index contributed by atoms with van der Waals surface area (Å²) in [5, 5.41) is 0. The molecular weight excluding hydrogens is 364 g/mol. The zero-order valence-electron chi connectivity index (χ0n) is 14.3. The molecule has 2 aliphatic rings. The number of rotatable bonds is 3. The topological polar surface area (TPSA) is 91.8 Å². The van der Waals surface area contributed by atoms with Gasteiger partial charge in [0.05, 0.1) is 16.3 Å². The van der Waals surface area contributed by atoms with E-state index in [4.69, 9.17) is 0 Å². The molecule has 0 spiro atoms. The first-order valence-corrected chi connectivity index (χ1v) is 11.4. The summed E-state index contributed by atoms with van der Waals surface area (Å²) in [5.74, 6) is -0.705. The molecule has 2 saturated heterocycles. The molecule has 3 rings (SSSR count). The molecule has 1 aromatic carbocycles. The van der Waals surface area contributed by atoms with Crippen molar-refractivity contribution in [1.29, 1.82) is 0 Å². The molecule has 2 heterocycles. The SMILES string of the molecule is C[C@@H]1CCC[C@H](C)N1S(=O)(=O)c1ccc(N2C(=O)CCS2(=O)=O)cc1. The van der Waals surface area contributed by atoms with Crippen LogP contribution in [0.1, 0.15) is 39.5 Å². The fraction of sp³-hybridized carbons (Fsp3) is 0.562. The van der Waals surface area contributed by atoms with Gasteiger partial charge in [-0.1, -0.05) is 6.42 Å². The maximum Gasteiger partial charge on any atom is 0.243 e. The number of nitrogens with zero attached hydrogens (tertiary/aromatic N) is 2. The van der Waals surface area contributed by atoms with Gasteiger partial charge in [0.1, 0.15) is 0 Å². The minimum atomic E-state index is -3.66. The van der Waals surface area contributed by atoms with Crippen LogP contribution >= 0.6 is 0 Å². The van der Waals surface area contributed by atoms with Crippen LogP contribution in [-0.2, 0) is 24.8 Å². The Morgan fingerprint density at radius 1 is 1.04 bits per heavy atom. The van der Waals surface area contributed by atoms with Gasteiger partial charge in [-0.2, -0.15) is 4.31 Å². The number of sulfonamides is 2. The fourth-order valence-corrected chi connectivity index (χ4v) is 6.96. The molecule has 7 nitrogen and oxygen atoms in total. The maximum atomic E-state index is 13.0. The van der Waals surface area contributed by atoms with Gasteiger partial charge in [-0.15, -0.1) is 0 Å². The maximum absolute atomic E-state index is 13.0. The summed E-state index contributed by atoms with van der Waals surface area (Å²) in [4.78, 5) is 11.9. The number of piperidine rings is 1.